The Morgan fingerprint density at radius 1 is 0.952 bits per heavy atom. The number of halogens is 5. The van der Waals surface area contributed by atoms with Gasteiger partial charge < -0.3 is 4.55 Å². The van der Waals surface area contributed by atoms with E-state index in [0.717, 1.165) is 9.86 Å². The summed E-state index contributed by atoms with van der Waals surface area (Å²) in [5.41, 5.74) is 0. The Morgan fingerprint density at radius 2 is 1.38 bits per heavy atom. The average Bonchev–Trinajstić information content (AvgIpc) is 2.26. The van der Waals surface area contributed by atoms with Gasteiger partial charge in [-0.15, -0.1) is 0 Å². The number of fused-ring (bicyclic) bond motifs is 1. The van der Waals surface area contributed by atoms with E-state index in [1.165, 1.54) is 6.07 Å². The van der Waals surface area contributed by atoms with Crippen LogP contribution in [0.3, 0.4) is 0 Å². The summed E-state index contributed by atoms with van der Waals surface area (Å²) in [5.74, 6) is 0. The second-order valence-corrected chi connectivity index (χ2v) is 9.10. The molecule has 0 bridgehead atoms. The minimum absolute atomic E-state index is 0. The molecule has 2 aromatic carbocycles. The summed E-state index contributed by atoms with van der Waals surface area (Å²) in [6.07, 6.45) is 0. The van der Waals surface area contributed by atoms with Crippen LogP contribution in [0.2, 0.25) is 0 Å². The zero-order valence-corrected chi connectivity index (χ0v) is 19.0. The summed E-state index contributed by atoms with van der Waals surface area (Å²) in [4.78, 5) is -0.179. The monoisotopic (exact) mass is 476 g/mol. The van der Waals surface area contributed by atoms with E-state index >= 15 is 0 Å². The molecule has 0 aliphatic rings. The Hall–Kier alpha value is 1.89. The van der Waals surface area contributed by atoms with Crippen molar-refractivity contribution in [1.82, 2.24) is 0 Å². The Kier molecular flexibility index (Phi) is 10.2. The Bertz CT molecular complexity index is 713. The fourth-order valence-electron chi connectivity index (χ4n) is 1.45. The number of rotatable bonds is 1. The van der Waals surface area contributed by atoms with Crippen LogP contribution in [0.5, 0.6) is 0 Å². The van der Waals surface area contributed by atoms with Crippen LogP contribution in [0, 0.1) is 0 Å². The summed E-state index contributed by atoms with van der Waals surface area (Å²) < 4.78 is 32.1. The molecule has 0 atom stereocenters. The normalized spacial score (nSPS) is 11.3. The molecule has 2 rings (SSSR count). The Labute approximate surface area is 193 Å². The first kappa shape index (κ1) is 22.9. The molecule has 3 nitrogen and oxygen atoms in total. The molecule has 21 heavy (non-hydrogen) atoms. The Morgan fingerprint density at radius 3 is 1.81 bits per heavy atom. The number of hydrogen-bond acceptors (Lipinski definition) is 3. The first-order valence-electron chi connectivity index (χ1n) is 4.89. The summed E-state index contributed by atoms with van der Waals surface area (Å²) in [7, 11) is -4.42. The summed E-state index contributed by atoms with van der Waals surface area (Å²) in [6, 6.07) is 9.73. The maximum Gasteiger partial charge on any atom is 1.00 e. The molecule has 0 fully saturated rings. The van der Waals surface area contributed by atoms with Gasteiger partial charge in [-0.3, -0.25) is 0 Å². The number of benzene rings is 2. The maximum absolute atomic E-state index is 11.0. The van der Waals surface area contributed by atoms with Crippen LogP contribution in [-0.4, -0.2) is 16.2 Å². The topological polar surface area (TPSA) is 57.2 Å². The van der Waals surface area contributed by atoms with Crippen molar-refractivity contribution in [2.75, 3.05) is 0 Å². The standard InChI is InChI=1S/C10H7BrO3S.CCl4.K/c11-9-5-6-10(15(12,13)14)8-4-2-1-3-7(8)9;2-1(3,4)5;/h1-6H,(H,12,13,14);;/q;;+1/p-1. The van der Waals surface area contributed by atoms with Gasteiger partial charge in [0.25, 0.3) is 3.25 Å². The number of alkyl halides is 4. The molecule has 0 unspecified atom stereocenters. The quantitative estimate of drug-likeness (QED) is 0.358. The molecular formula is C11H6BrCl4KO3S. The van der Waals surface area contributed by atoms with E-state index in [9.17, 15) is 13.0 Å². The second kappa shape index (κ2) is 9.39. The average molecular weight is 479 g/mol. The van der Waals surface area contributed by atoms with Crippen molar-refractivity contribution in [2.24, 2.45) is 0 Å². The third kappa shape index (κ3) is 8.51. The van der Waals surface area contributed by atoms with Crippen molar-refractivity contribution in [3.05, 3.63) is 40.9 Å². The second-order valence-electron chi connectivity index (χ2n) is 3.47. The minimum Gasteiger partial charge on any atom is -0.744 e. The first-order valence-corrected chi connectivity index (χ1v) is 8.60. The molecule has 10 heteroatoms. The molecule has 0 aliphatic heterocycles. The van der Waals surface area contributed by atoms with Crippen molar-refractivity contribution < 1.29 is 64.4 Å². The third-order valence-corrected chi connectivity index (χ3v) is 3.69. The first-order chi connectivity index (χ1) is 9.00. The summed E-state index contributed by atoms with van der Waals surface area (Å²) in [6.45, 7) is 0. The molecule has 0 spiro atoms. The molecule has 0 saturated heterocycles. The molecule has 2 aromatic rings. The molecule has 0 saturated carbocycles. The van der Waals surface area contributed by atoms with Gasteiger partial charge in [0.05, 0.1) is 4.90 Å². The van der Waals surface area contributed by atoms with Crippen LogP contribution in [0.25, 0.3) is 10.8 Å². The van der Waals surface area contributed by atoms with E-state index in [0.29, 0.717) is 5.39 Å². The zero-order chi connectivity index (χ0) is 15.6. The SMILES string of the molecule is ClC(Cl)(Cl)Cl.O=S(=O)([O-])c1ccc(Br)c2ccccc12.[K+]. The van der Waals surface area contributed by atoms with Crippen molar-refractivity contribution in [2.45, 2.75) is 8.15 Å². The van der Waals surface area contributed by atoms with E-state index in [1.54, 1.807) is 30.3 Å². The van der Waals surface area contributed by atoms with Crippen LogP contribution in [0.1, 0.15) is 0 Å². The molecular weight excluding hydrogens is 473 g/mol. The molecule has 0 aromatic heterocycles. The van der Waals surface area contributed by atoms with Gasteiger partial charge in [0.1, 0.15) is 10.1 Å². The summed E-state index contributed by atoms with van der Waals surface area (Å²) in [5, 5.41) is 1.16. The van der Waals surface area contributed by atoms with Gasteiger partial charge >= 0.3 is 51.4 Å². The van der Waals surface area contributed by atoms with E-state index in [2.05, 4.69) is 15.9 Å². The van der Waals surface area contributed by atoms with E-state index in [4.69, 9.17) is 46.4 Å². The fraction of sp³-hybridized carbons (Fsp3) is 0.0909. The van der Waals surface area contributed by atoms with Crippen molar-refractivity contribution in [3.8, 4) is 0 Å². The van der Waals surface area contributed by atoms with Gasteiger partial charge in [-0.05, 0) is 17.5 Å². The van der Waals surface area contributed by atoms with Gasteiger partial charge in [-0.2, -0.15) is 0 Å². The van der Waals surface area contributed by atoms with Crippen LogP contribution < -0.4 is 51.4 Å². The van der Waals surface area contributed by atoms with Gasteiger partial charge in [0, 0.05) is 9.86 Å². The third-order valence-electron chi connectivity index (χ3n) is 2.10. The smallest absolute Gasteiger partial charge is 0.744 e. The summed E-state index contributed by atoms with van der Waals surface area (Å²) >= 11 is 22.6. The fourth-order valence-corrected chi connectivity index (χ4v) is 2.61. The van der Waals surface area contributed by atoms with Gasteiger partial charge in [-0.1, -0.05) is 86.6 Å². The van der Waals surface area contributed by atoms with Crippen LogP contribution in [0.15, 0.2) is 45.8 Å². The molecule has 0 amide bonds. The van der Waals surface area contributed by atoms with Crippen LogP contribution >= 0.6 is 62.3 Å². The van der Waals surface area contributed by atoms with E-state index in [1.807, 2.05) is 0 Å². The van der Waals surface area contributed by atoms with Crippen LogP contribution in [-0.2, 0) is 10.1 Å². The van der Waals surface area contributed by atoms with Crippen molar-refractivity contribution in [3.63, 3.8) is 0 Å². The van der Waals surface area contributed by atoms with Crippen LogP contribution in [0.4, 0.5) is 0 Å². The predicted molar refractivity (Wildman–Crippen MR) is 85.8 cm³/mol. The van der Waals surface area contributed by atoms with E-state index in [-0.39, 0.29) is 56.3 Å². The molecule has 0 aliphatic carbocycles. The predicted octanol–water partition coefficient (Wildman–Crippen LogP) is 2.06. The van der Waals surface area contributed by atoms with Gasteiger partial charge in [0.15, 0.2) is 0 Å². The molecule has 0 radical (unpaired) electrons. The van der Waals surface area contributed by atoms with Gasteiger partial charge in [0.2, 0.25) is 0 Å². The largest absolute Gasteiger partial charge is 1.00 e. The molecule has 0 N–H and O–H groups in total. The number of hydrogen-bond donors (Lipinski definition) is 0. The maximum atomic E-state index is 11.0. The Balaban J connectivity index is 0.000000583. The minimum atomic E-state index is -4.42. The van der Waals surface area contributed by atoms with Crippen molar-refractivity contribution >= 4 is 83.2 Å². The molecule has 110 valence electrons. The van der Waals surface area contributed by atoms with Gasteiger partial charge in [-0.25, -0.2) is 8.42 Å². The zero-order valence-electron chi connectivity index (χ0n) is 10.5. The molecule has 0 heterocycles. The van der Waals surface area contributed by atoms with E-state index < -0.39 is 13.4 Å². The van der Waals surface area contributed by atoms with Crippen molar-refractivity contribution in [1.29, 1.82) is 0 Å².